The number of carbonyl (C=O) groups is 1. The Balaban J connectivity index is 1.43. The quantitative estimate of drug-likeness (QED) is 0.575. The van der Waals surface area contributed by atoms with Crippen LogP contribution in [-0.4, -0.2) is 66.2 Å². The summed E-state index contributed by atoms with van der Waals surface area (Å²) < 4.78 is 25.7. The highest BCUT2D eigenvalue weighted by atomic mass is 32.2. The van der Waals surface area contributed by atoms with Crippen molar-refractivity contribution in [2.75, 3.05) is 37.3 Å². The first-order valence-corrected chi connectivity index (χ1v) is 12.5. The van der Waals surface area contributed by atoms with Crippen LogP contribution in [0, 0.1) is 13.8 Å². The average Bonchev–Trinajstić information content (AvgIpc) is 3.17. The first-order valence-electron chi connectivity index (χ1n) is 9.79. The Labute approximate surface area is 183 Å². The fourth-order valence-corrected chi connectivity index (χ4v) is 5.22. The van der Waals surface area contributed by atoms with Crippen LogP contribution in [0.25, 0.3) is 10.2 Å². The Morgan fingerprint density at radius 3 is 2.55 bits per heavy atom. The number of amides is 1. The van der Waals surface area contributed by atoms with Crippen molar-refractivity contribution in [2.24, 2.45) is 0 Å². The number of rotatable bonds is 4. The van der Waals surface area contributed by atoms with Crippen LogP contribution in [-0.2, 0) is 21.2 Å². The van der Waals surface area contributed by atoms with E-state index in [0.717, 1.165) is 15.3 Å². The van der Waals surface area contributed by atoms with E-state index in [1.165, 1.54) is 28.5 Å². The number of anilines is 1. The zero-order valence-electron chi connectivity index (χ0n) is 17.5. The summed E-state index contributed by atoms with van der Waals surface area (Å²) in [6.45, 7) is 5.73. The summed E-state index contributed by atoms with van der Waals surface area (Å²) in [6.07, 6.45) is 2.61. The molecule has 0 bridgehead atoms. The van der Waals surface area contributed by atoms with E-state index in [1.807, 2.05) is 0 Å². The number of sulfone groups is 1. The van der Waals surface area contributed by atoms with E-state index in [-0.39, 0.29) is 22.9 Å². The molecule has 1 aliphatic rings. The Morgan fingerprint density at radius 1 is 1.16 bits per heavy atom. The van der Waals surface area contributed by atoms with Crippen LogP contribution in [0.4, 0.5) is 5.13 Å². The second-order valence-corrected chi connectivity index (χ2v) is 10.7. The van der Waals surface area contributed by atoms with Crippen LogP contribution >= 0.6 is 11.3 Å². The summed E-state index contributed by atoms with van der Waals surface area (Å²) >= 11 is 1.44. The molecule has 2 aromatic heterocycles. The number of aryl methyl sites for hydroxylation is 1. The highest BCUT2D eigenvalue weighted by Crippen LogP contribution is 2.31. The van der Waals surface area contributed by atoms with Crippen molar-refractivity contribution in [3.05, 3.63) is 46.1 Å². The number of fused-ring (bicyclic) bond motifs is 1. The van der Waals surface area contributed by atoms with E-state index in [0.29, 0.717) is 37.4 Å². The molecule has 3 aromatic rings. The molecule has 1 fully saturated rings. The van der Waals surface area contributed by atoms with Gasteiger partial charge in [0.25, 0.3) is 5.56 Å². The molecule has 0 aliphatic carbocycles. The molecule has 0 atom stereocenters. The molecule has 1 saturated heterocycles. The molecule has 11 heteroatoms. The van der Waals surface area contributed by atoms with Gasteiger partial charge in [-0.15, -0.1) is 0 Å². The SMILES string of the molecule is Cc1ncn(CC(=O)N2CCN(c3nc4ccc(S(C)(=O)=O)cc4s3)CC2)c(=O)c1C. The number of hydrogen-bond donors (Lipinski definition) is 0. The zero-order valence-corrected chi connectivity index (χ0v) is 19.2. The van der Waals surface area contributed by atoms with Crippen LogP contribution in [0.2, 0.25) is 0 Å². The lowest BCUT2D eigenvalue weighted by atomic mass is 10.2. The van der Waals surface area contributed by atoms with Crippen molar-refractivity contribution >= 4 is 42.4 Å². The van der Waals surface area contributed by atoms with Gasteiger partial charge < -0.3 is 9.80 Å². The van der Waals surface area contributed by atoms with Crippen LogP contribution in [0.15, 0.2) is 34.2 Å². The number of aromatic nitrogens is 3. The van der Waals surface area contributed by atoms with Gasteiger partial charge in [0.2, 0.25) is 5.91 Å². The van der Waals surface area contributed by atoms with Gasteiger partial charge in [-0.2, -0.15) is 0 Å². The van der Waals surface area contributed by atoms with Crippen LogP contribution in [0.5, 0.6) is 0 Å². The maximum Gasteiger partial charge on any atom is 0.256 e. The molecule has 3 heterocycles. The maximum atomic E-state index is 12.7. The van der Waals surface area contributed by atoms with E-state index in [1.54, 1.807) is 36.9 Å². The molecule has 4 rings (SSSR count). The summed E-state index contributed by atoms with van der Waals surface area (Å²) in [5, 5.41) is 0.808. The van der Waals surface area contributed by atoms with Crippen LogP contribution in [0.1, 0.15) is 11.3 Å². The summed E-state index contributed by atoms with van der Waals surface area (Å²) in [4.78, 5) is 37.9. The molecule has 1 aliphatic heterocycles. The largest absolute Gasteiger partial charge is 0.345 e. The van der Waals surface area contributed by atoms with Gasteiger partial charge in [-0.25, -0.2) is 18.4 Å². The van der Waals surface area contributed by atoms with Crippen molar-refractivity contribution < 1.29 is 13.2 Å². The minimum absolute atomic E-state index is 0.0254. The minimum atomic E-state index is -3.27. The highest BCUT2D eigenvalue weighted by molar-refractivity contribution is 7.90. The van der Waals surface area contributed by atoms with Gasteiger partial charge in [0, 0.05) is 43.7 Å². The average molecular weight is 462 g/mol. The fourth-order valence-electron chi connectivity index (χ4n) is 3.44. The van der Waals surface area contributed by atoms with Crippen molar-refractivity contribution in [1.29, 1.82) is 0 Å². The number of benzene rings is 1. The monoisotopic (exact) mass is 461 g/mol. The first-order chi connectivity index (χ1) is 14.6. The van der Waals surface area contributed by atoms with Crippen molar-refractivity contribution in [2.45, 2.75) is 25.3 Å². The number of thiazole rings is 1. The molecular weight excluding hydrogens is 438 g/mol. The lowest BCUT2D eigenvalue weighted by molar-refractivity contribution is -0.132. The number of carbonyl (C=O) groups excluding carboxylic acids is 1. The normalized spacial score (nSPS) is 14.9. The molecule has 9 nitrogen and oxygen atoms in total. The van der Waals surface area contributed by atoms with Gasteiger partial charge in [0.1, 0.15) is 6.54 Å². The molecule has 31 heavy (non-hydrogen) atoms. The third kappa shape index (κ3) is 4.33. The Hall–Kier alpha value is -2.79. The number of nitrogens with zero attached hydrogens (tertiary/aromatic N) is 5. The molecule has 1 aromatic carbocycles. The van der Waals surface area contributed by atoms with Gasteiger partial charge in [0.05, 0.1) is 21.4 Å². The molecule has 1 amide bonds. The zero-order chi connectivity index (χ0) is 22.3. The van der Waals surface area contributed by atoms with Crippen LogP contribution < -0.4 is 10.5 Å². The van der Waals surface area contributed by atoms with Crippen molar-refractivity contribution in [1.82, 2.24) is 19.4 Å². The third-order valence-electron chi connectivity index (χ3n) is 5.50. The van der Waals surface area contributed by atoms with Crippen molar-refractivity contribution in [3.8, 4) is 0 Å². The van der Waals surface area contributed by atoms with Gasteiger partial charge >= 0.3 is 0 Å². The van der Waals surface area contributed by atoms with E-state index in [4.69, 9.17) is 0 Å². The highest BCUT2D eigenvalue weighted by Gasteiger charge is 2.24. The molecule has 0 N–H and O–H groups in total. The lowest BCUT2D eigenvalue weighted by Crippen LogP contribution is -2.50. The second kappa shape index (κ2) is 8.04. The second-order valence-electron chi connectivity index (χ2n) is 7.65. The predicted molar refractivity (Wildman–Crippen MR) is 119 cm³/mol. The lowest BCUT2D eigenvalue weighted by Gasteiger charge is -2.34. The Kier molecular flexibility index (Phi) is 5.56. The van der Waals surface area contributed by atoms with Crippen LogP contribution in [0.3, 0.4) is 0 Å². The summed E-state index contributed by atoms with van der Waals surface area (Å²) in [5.74, 6) is -0.117. The molecule has 0 spiro atoms. The van der Waals surface area contributed by atoms with Gasteiger partial charge in [-0.3, -0.25) is 14.2 Å². The van der Waals surface area contributed by atoms with E-state index < -0.39 is 9.84 Å². The first kappa shape index (κ1) is 21.4. The van der Waals surface area contributed by atoms with Crippen molar-refractivity contribution in [3.63, 3.8) is 0 Å². The standard InChI is InChI=1S/C20H23N5O4S2/c1-13-14(2)21-12-25(19(13)27)11-18(26)23-6-8-24(9-7-23)20-22-16-5-4-15(31(3,28)29)10-17(16)30-20/h4-5,10,12H,6-9,11H2,1-3H3. The Morgan fingerprint density at radius 2 is 1.87 bits per heavy atom. The van der Waals surface area contributed by atoms with Gasteiger partial charge in [-0.05, 0) is 32.0 Å². The number of hydrogen-bond acceptors (Lipinski definition) is 8. The summed E-state index contributed by atoms with van der Waals surface area (Å²) in [6, 6.07) is 4.95. The molecule has 0 radical (unpaired) electrons. The molecular formula is C20H23N5O4S2. The summed E-state index contributed by atoms with van der Waals surface area (Å²) in [7, 11) is -3.27. The smallest absolute Gasteiger partial charge is 0.256 e. The minimum Gasteiger partial charge on any atom is -0.345 e. The molecule has 164 valence electrons. The summed E-state index contributed by atoms with van der Waals surface area (Å²) in [5.41, 5.74) is 1.78. The topological polar surface area (TPSA) is 105 Å². The fraction of sp³-hybridized carbons (Fsp3) is 0.400. The van der Waals surface area contributed by atoms with E-state index in [9.17, 15) is 18.0 Å². The predicted octanol–water partition coefficient (Wildman–Crippen LogP) is 1.22. The molecule has 0 saturated carbocycles. The van der Waals surface area contributed by atoms with Gasteiger partial charge in [-0.1, -0.05) is 11.3 Å². The Bertz CT molecular complexity index is 1320. The van der Waals surface area contributed by atoms with E-state index >= 15 is 0 Å². The number of piperazine rings is 1. The maximum absolute atomic E-state index is 12.7. The van der Waals surface area contributed by atoms with E-state index in [2.05, 4.69) is 14.9 Å². The third-order valence-corrected chi connectivity index (χ3v) is 7.69. The van der Waals surface area contributed by atoms with Gasteiger partial charge in [0.15, 0.2) is 15.0 Å². The molecule has 0 unspecified atom stereocenters.